The Hall–Kier alpha value is -1.68. The van der Waals surface area contributed by atoms with E-state index in [1.807, 2.05) is 45.0 Å². The lowest BCUT2D eigenvalue weighted by atomic mass is 10.0. The maximum Gasteiger partial charge on any atom is 0.148 e. The molecule has 0 bridgehead atoms. The number of aryl methyl sites for hydroxylation is 1. The zero-order valence-electron chi connectivity index (χ0n) is 11.1. The van der Waals surface area contributed by atoms with E-state index in [0.29, 0.717) is 6.42 Å². The van der Waals surface area contributed by atoms with Crippen molar-refractivity contribution in [3.63, 3.8) is 0 Å². The molecule has 0 saturated carbocycles. The Balaban J connectivity index is 2.36. The van der Waals surface area contributed by atoms with Crippen molar-refractivity contribution in [3.8, 4) is 0 Å². The molecule has 1 heterocycles. The van der Waals surface area contributed by atoms with Gasteiger partial charge in [-0.3, -0.25) is 0 Å². The van der Waals surface area contributed by atoms with Crippen LogP contribution in [-0.2, 0) is 0 Å². The fourth-order valence-electron chi connectivity index (χ4n) is 1.87. The van der Waals surface area contributed by atoms with Crippen LogP contribution in [0.4, 0.5) is 5.82 Å². The van der Waals surface area contributed by atoms with E-state index >= 15 is 0 Å². The average molecular weight is 245 g/mol. The van der Waals surface area contributed by atoms with Gasteiger partial charge in [0.25, 0.3) is 0 Å². The van der Waals surface area contributed by atoms with Crippen LogP contribution in [0, 0.1) is 6.92 Å². The fraction of sp³-hybridized carbons (Fsp3) is 0.429. The van der Waals surface area contributed by atoms with Crippen LogP contribution >= 0.6 is 0 Å². The second-order valence-corrected chi connectivity index (χ2v) is 5.13. The highest BCUT2D eigenvalue weighted by Crippen LogP contribution is 2.21. The Bertz CT molecular complexity index is 552. The second kappa shape index (κ2) is 4.90. The molecule has 1 aromatic carbocycles. The van der Waals surface area contributed by atoms with Gasteiger partial charge in [0.2, 0.25) is 0 Å². The molecule has 4 heteroatoms. The van der Waals surface area contributed by atoms with Crippen LogP contribution in [-0.4, -0.2) is 27.2 Å². The molecule has 0 radical (unpaired) electrons. The molecule has 0 fully saturated rings. The fourth-order valence-corrected chi connectivity index (χ4v) is 1.87. The van der Waals surface area contributed by atoms with Gasteiger partial charge in [-0.25, -0.2) is 9.97 Å². The summed E-state index contributed by atoms with van der Waals surface area (Å²) in [4.78, 5) is 9.12. The minimum atomic E-state index is -0.198. The zero-order chi connectivity index (χ0) is 13.2. The smallest absolute Gasteiger partial charge is 0.148 e. The molecule has 0 unspecified atom stereocenters. The molecule has 0 aliphatic rings. The summed E-state index contributed by atoms with van der Waals surface area (Å²) in [5.41, 5.74) is 2.46. The van der Waals surface area contributed by atoms with Crippen molar-refractivity contribution in [1.29, 1.82) is 0 Å². The van der Waals surface area contributed by atoms with Crippen molar-refractivity contribution in [2.24, 2.45) is 0 Å². The van der Waals surface area contributed by atoms with E-state index < -0.39 is 0 Å². The lowest BCUT2D eigenvalue weighted by Crippen LogP contribution is -2.32. The minimum Gasteiger partial charge on any atom is -0.396 e. The van der Waals surface area contributed by atoms with Crippen LogP contribution in [0.25, 0.3) is 11.0 Å². The molecule has 18 heavy (non-hydrogen) atoms. The molecule has 0 spiro atoms. The van der Waals surface area contributed by atoms with Crippen LogP contribution in [0.15, 0.2) is 24.3 Å². The molecular formula is C14H19N3O. The molecule has 2 rings (SSSR count). The first-order valence-electron chi connectivity index (χ1n) is 6.14. The second-order valence-electron chi connectivity index (χ2n) is 5.13. The third-order valence-corrected chi connectivity index (χ3v) is 2.94. The summed E-state index contributed by atoms with van der Waals surface area (Å²) in [5.74, 6) is 0.784. The summed E-state index contributed by atoms with van der Waals surface area (Å²) in [6, 6.07) is 7.82. The topological polar surface area (TPSA) is 58.0 Å². The minimum absolute atomic E-state index is 0.153. The van der Waals surface area contributed by atoms with Gasteiger partial charge in [-0.05, 0) is 39.3 Å². The predicted molar refractivity (Wildman–Crippen MR) is 73.7 cm³/mol. The summed E-state index contributed by atoms with van der Waals surface area (Å²) in [5, 5.41) is 12.4. The molecular weight excluding hydrogens is 226 g/mol. The number of nitrogens with zero attached hydrogens (tertiary/aromatic N) is 2. The summed E-state index contributed by atoms with van der Waals surface area (Å²) >= 11 is 0. The number of hydrogen-bond donors (Lipinski definition) is 2. The maximum atomic E-state index is 9.04. The number of para-hydroxylation sites is 2. The Morgan fingerprint density at radius 1 is 1.17 bits per heavy atom. The van der Waals surface area contributed by atoms with E-state index in [2.05, 4.69) is 15.3 Å². The quantitative estimate of drug-likeness (QED) is 0.869. The summed E-state index contributed by atoms with van der Waals surface area (Å²) in [6.07, 6.45) is 0.668. The largest absolute Gasteiger partial charge is 0.396 e. The number of nitrogens with one attached hydrogen (secondary N) is 1. The van der Waals surface area contributed by atoms with Crippen molar-refractivity contribution in [2.45, 2.75) is 32.7 Å². The van der Waals surface area contributed by atoms with Gasteiger partial charge in [-0.1, -0.05) is 12.1 Å². The molecule has 0 aliphatic heterocycles. The van der Waals surface area contributed by atoms with Gasteiger partial charge in [0, 0.05) is 12.1 Å². The normalized spacial score (nSPS) is 11.8. The molecule has 4 nitrogen and oxygen atoms in total. The van der Waals surface area contributed by atoms with Gasteiger partial charge in [-0.15, -0.1) is 0 Å². The van der Waals surface area contributed by atoms with Crippen LogP contribution in [0.5, 0.6) is 0 Å². The molecule has 96 valence electrons. The van der Waals surface area contributed by atoms with E-state index in [-0.39, 0.29) is 12.1 Å². The third-order valence-electron chi connectivity index (χ3n) is 2.94. The number of benzene rings is 1. The molecule has 0 amide bonds. The lowest BCUT2D eigenvalue weighted by Gasteiger charge is -2.26. The highest BCUT2D eigenvalue weighted by molar-refractivity contribution is 5.76. The van der Waals surface area contributed by atoms with Crippen LogP contribution in [0.1, 0.15) is 26.0 Å². The Morgan fingerprint density at radius 2 is 1.78 bits per heavy atom. The van der Waals surface area contributed by atoms with Crippen LogP contribution in [0.3, 0.4) is 0 Å². The molecule has 2 aromatic rings. The molecule has 0 saturated heterocycles. The molecule has 1 aromatic heterocycles. The number of anilines is 1. The van der Waals surface area contributed by atoms with Gasteiger partial charge in [0.1, 0.15) is 5.82 Å². The van der Waals surface area contributed by atoms with Crippen molar-refractivity contribution >= 4 is 16.9 Å². The summed E-state index contributed by atoms with van der Waals surface area (Å²) in [6.45, 7) is 6.18. The van der Waals surface area contributed by atoms with Crippen molar-refractivity contribution < 1.29 is 5.11 Å². The number of aromatic nitrogens is 2. The van der Waals surface area contributed by atoms with Gasteiger partial charge in [0.15, 0.2) is 0 Å². The monoisotopic (exact) mass is 245 g/mol. The molecule has 2 N–H and O–H groups in total. The predicted octanol–water partition coefficient (Wildman–Crippen LogP) is 2.51. The van der Waals surface area contributed by atoms with Crippen molar-refractivity contribution in [1.82, 2.24) is 9.97 Å². The van der Waals surface area contributed by atoms with Crippen molar-refractivity contribution in [3.05, 3.63) is 30.0 Å². The van der Waals surface area contributed by atoms with Crippen LogP contribution in [0.2, 0.25) is 0 Å². The molecule has 0 aliphatic carbocycles. The lowest BCUT2D eigenvalue weighted by molar-refractivity contribution is 0.260. The van der Waals surface area contributed by atoms with E-state index in [9.17, 15) is 0 Å². The zero-order valence-corrected chi connectivity index (χ0v) is 11.1. The number of rotatable bonds is 4. The number of aliphatic hydroxyl groups excluding tert-OH is 1. The van der Waals surface area contributed by atoms with E-state index in [4.69, 9.17) is 5.11 Å². The van der Waals surface area contributed by atoms with Gasteiger partial charge in [-0.2, -0.15) is 0 Å². The van der Waals surface area contributed by atoms with Crippen LogP contribution < -0.4 is 5.32 Å². The number of hydrogen-bond acceptors (Lipinski definition) is 4. The first-order valence-corrected chi connectivity index (χ1v) is 6.14. The molecule has 0 atom stereocenters. The van der Waals surface area contributed by atoms with Gasteiger partial charge in [0.05, 0.1) is 16.7 Å². The Labute approximate surface area is 107 Å². The van der Waals surface area contributed by atoms with E-state index in [0.717, 1.165) is 22.5 Å². The highest BCUT2D eigenvalue weighted by atomic mass is 16.3. The maximum absolute atomic E-state index is 9.04. The first kappa shape index (κ1) is 12.8. The highest BCUT2D eigenvalue weighted by Gasteiger charge is 2.18. The Kier molecular flexibility index (Phi) is 3.48. The Morgan fingerprint density at radius 3 is 2.39 bits per heavy atom. The number of fused-ring (bicyclic) bond motifs is 1. The average Bonchev–Trinajstić information content (AvgIpc) is 2.29. The van der Waals surface area contributed by atoms with Gasteiger partial charge < -0.3 is 10.4 Å². The standard InChI is InChI=1S/C14H19N3O/c1-10-13(17-14(2,3)8-9-18)16-12-7-5-4-6-11(12)15-10/h4-7,18H,8-9H2,1-3H3,(H,16,17). The summed E-state index contributed by atoms with van der Waals surface area (Å²) < 4.78 is 0. The summed E-state index contributed by atoms with van der Waals surface area (Å²) in [7, 11) is 0. The number of aliphatic hydroxyl groups is 1. The van der Waals surface area contributed by atoms with Crippen molar-refractivity contribution in [2.75, 3.05) is 11.9 Å². The SMILES string of the molecule is Cc1nc2ccccc2nc1NC(C)(C)CCO. The van der Waals surface area contributed by atoms with E-state index in [1.165, 1.54) is 0 Å². The van der Waals surface area contributed by atoms with E-state index in [1.54, 1.807) is 0 Å². The van der Waals surface area contributed by atoms with Gasteiger partial charge >= 0.3 is 0 Å². The first-order chi connectivity index (χ1) is 8.52. The third kappa shape index (κ3) is 2.76.